The third kappa shape index (κ3) is 5.49. The van der Waals surface area contributed by atoms with E-state index < -0.39 is 0 Å². The molecule has 0 aliphatic carbocycles. The first kappa shape index (κ1) is 18.8. The number of ether oxygens (including phenoxy) is 2. The number of aryl methyl sites for hydroxylation is 1. The molecule has 1 amide bonds. The molecule has 2 rings (SSSR count). The summed E-state index contributed by atoms with van der Waals surface area (Å²) in [6.07, 6.45) is 1.50. The highest BCUT2D eigenvalue weighted by molar-refractivity contribution is 9.10. The van der Waals surface area contributed by atoms with Gasteiger partial charge in [0.2, 0.25) is 0 Å². The predicted octanol–water partition coefficient (Wildman–Crippen LogP) is 3.47. The molecular formula is C18H20BrN3O3. The Morgan fingerprint density at radius 1 is 1.28 bits per heavy atom. The van der Waals surface area contributed by atoms with E-state index in [1.807, 2.05) is 38.1 Å². The lowest BCUT2D eigenvalue weighted by Gasteiger charge is -2.14. The largest absolute Gasteiger partial charge is 0.490 e. The van der Waals surface area contributed by atoms with Crippen LogP contribution in [0.15, 0.2) is 46.0 Å². The van der Waals surface area contributed by atoms with E-state index in [1.165, 1.54) is 6.21 Å². The van der Waals surface area contributed by atoms with Gasteiger partial charge in [-0.05, 0) is 59.6 Å². The van der Waals surface area contributed by atoms with Crippen molar-refractivity contribution in [2.75, 3.05) is 18.5 Å². The van der Waals surface area contributed by atoms with Crippen molar-refractivity contribution in [3.8, 4) is 11.5 Å². The van der Waals surface area contributed by atoms with Crippen LogP contribution >= 0.6 is 15.9 Å². The van der Waals surface area contributed by atoms with E-state index in [9.17, 15) is 4.79 Å². The zero-order valence-corrected chi connectivity index (χ0v) is 15.7. The number of carbonyl (C=O) groups is 1. The highest BCUT2D eigenvalue weighted by Gasteiger charge is 2.14. The van der Waals surface area contributed by atoms with Crippen LogP contribution in [0.25, 0.3) is 0 Å². The molecule has 0 bridgehead atoms. The number of rotatable bonds is 7. The number of amides is 1. The molecule has 2 aromatic carbocycles. The summed E-state index contributed by atoms with van der Waals surface area (Å²) in [5.41, 5.74) is 2.60. The Hall–Kier alpha value is -2.54. The summed E-state index contributed by atoms with van der Waals surface area (Å²) in [6, 6.07) is 11.1. The van der Waals surface area contributed by atoms with E-state index in [4.69, 9.17) is 15.3 Å². The minimum atomic E-state index is -0.259. The molecule has 132 valence electrons. The Labute approximate surface area is 155 Å². The fourth-order valence-electron chi connectivity index (χ4n) is 2.12. The second-order valence-electron chi connectivity index (χ2n) is 5.24. The molecule has 0 fully saturated rings. The monoisotopic (exact) mass is 405 g/mol. The van der Waals surface area contributed by atoms with Crippen LogP contribution in [0.3, 0.4) is 0 Å². The summed E-state index contributed by atoms with van der Waals surface area (Å²) in [6.45, 7) is 4.17. The number of nitrogens with zero attached hydrogens (tertiary/aromatic N) is 1. The van der Waals surface area contributed by atoms with Gasteiger partial charge in [0.1, 0.15) is 0 Å². The maximum atomic E-state index is 12.1. The van der Waals surface area contributed by atoms with E-state index in [0.717, 1.165) is 16.8 Å². The number of nitrogens with two attached hydrogens (primary N) is 1. The maximum Gasteiger partial charge on any atom is 0.262 e. The van der Waals surface area contributed by atoms with Crippen LogP contribution in [-0.4, -0.2) is 25.3 Å². The first-order valence-electron chi connectivity index (χ1n) is 7.72. The van der Waals surface area contributed by atoms with Crippen molar-refractivity contribution in [3.63, 3.8) is 0 Å². The summed E-state index contributed by atoms with van der Waals surface area (Å²) in [5.74, 6) is 5.89. The van der Waals surface area contributed by atoms with Gasteiger partial charge in [-0.25, -0.2) is 0 Å². The van der Waals surface area contributed by atoms with Crippen molar-refractivity contribution >= 4 is 33.7 Å². The van der Waals surface area contributed by atoms with Gasteiger partial charge in [0.15, 0.2) is 18.1 Å². The molecule has 2 aromatic rings. The Balaban J connectivity index is 2.08. The number of hydrogen-bond acceptors (Lipinski definition) is 5. The number of hydrazone groups is 1. The van der Waals surface area contributed by atoms with Crippen molar-refractivity contribution in [1.82, 2.24) is 0 Å². The molecule has 0 spiro atoms. The van der Waals surface area contributed by atoms with Crippen LogP contribution in [0.4, 0.5) is 5.69 Å². The van der Waals surface area contributed by atoms with Gasteiger partial charge in [-0.1, -0.05) is 17.7 Å². The Morgan fingerprint density at radius 3 is 2.64 bits per heavy atom. The number of anilines is 1. The van der Waals surface area contributed by atoms with Crippen LogP contribution in [0.2, 0.25) is 0 Å². The highest BCUT2D eigenvalue weighted by atomic mass is 79.9. The van der Waals surface area contributed by atoms with Crippen LogP contribution in [0.1, 0.15) is 18.1 Å². The van der Waals surface area contributed by atoms with Crippen LogP contribution in [-0.2, 0) is 4.79 Å². The normalized spacial score (nSPS) is 10.7. The third-order valence-electron chi connectivity index (χ3n) is 3.24. The Kier molecular flexibility index (Phi) is 6.82. The average Bonchev–Trinajstić information content (AvgIpc) is 2.57. The van der Waals surface area contributed by atoms with Crippen molar-refractivity contribution in [2.24, 2.45) is 10.9 Å². The third-order valence-corrected chi connectivity index (χ3v) is 3.83. The average molecular weight is 406 g/mol. The van der Waals surface area contributed by atoms with Gasteiger partial charge in [-0.15, -0.1) is 0 Å². The molecule has 0 saturated carbocycles. The smallest absolute Gasteiger partial charge is 0.262 e. The summed E-state index contributed by atoms with van der Waals surface area (Å²) in [4.78, 5) is 12.1. The summed E-state index contributed by atoms with van der Waals surface area (Å²) < 4.78 is 11.9. The summed E-state index contributed by atoms with van der Waals surface area (Å²) in [5, 5.41) is 6.28. The topological polar surface area (TPSA) is 85.9 Å². The fraction of sp³-hybridized carbons (Fsp3) is 0.222. The van der Waals surface area contributed by atoms with Gasteiger partial charge in [-0.2, -0.15) is 5.10 Å². The second kappa shape index (κ2) is 9.08. The van der Waals surface area contributed by atoms with Gasteiger partial charge in [0.05, 0.1) is 17.3 Å². The maximum absolute atomic E-state index is 12.1. The molecule has 0 radical (unpaired) electrons. The number of carbonyl (C=O) groups excluding carboxylic acids is 1. The molecule has 3 N–H and O–H groups in total. The summed E-state index contributed by atoms with van der Waals surface area (Å²) in [7, 11) is 0. The standard InChI is InChI=1S/C18H20BrN3O3/c1-3-24-16-9-13(10-21-20)8-15(19)18(16)25-11-17(23)22-14-6-4-12(2)5-7-14/h4-10H,3,11,20H2,1-2H3,(H,22,23). The van der Waals surface area contributed by atoms with Crippen LogP contribution in [0, 0.1) is 6.92 Å². The number of nitrogens with one attached hydrogen (secondary N) is 1. The van der Waals surface area contributed by atoms with Crippen LogP contribution < -0.4 is 20.6 Å². The van der Waals surface area contributed by atoms with E-state index >= 15 is 0 Å². The molecule has 0 atom stereocenters. The number of benzene rings is 2. The number of hydrogen-bond donors (Lipinski definition) is 2. The minimum Gasteiger partial charge on any atom is -0.490 e. The van der Waals surface area contributed by atoms with E-state index in [1.54, 1.807) is 12.1 Å². The lowest BCUT2D eigenvalue weighted by atomic mass is 10.2. The molecular weight excluding hydrogens is 386 g/mol. The lowest BCUT2D eigenvalue weighted by Crippen LogP contribution is -2.20. The van der Waals surface area contributed by atoms with Crippen molar-refractivity contribution in [3.05, 3.63) is 52.0 Å². The van der Waals surface area contributed by atoms with Crippen molar-refractivity contribution in [1.29, 1.82) is 0 Å². The van der Waals surface area contributed by atoms with E-state index in [2.05, 4.69) is 26.3 Å². The highest BCUT2D eigenvalue weighted by Crippen LogP contribution is 2.36. The molecule has 0 aliphatic rings. The fourth-order valence-corrected chi connectivity index (χ4v) is 2.70. The van der Waals surface area contributed by atoms with Crippen LogP contribution in [0.5, 0.6) is 11.5 Å². The predicted molar refractivity (Wildman–Crippen MR) is 102 cm³/mol. The van der Waals surface area contributed by atoms with E-state index in [0.29, 0.717) is 22.6 Å². The first-order valence-corrected chi connectivity index (χ1v) is 8.51. The molecule has 0 heterocycles. The van der Waals surface area contributed by atoms with Crippen molar-refractivity contribution in [2.45, 2.75) is 13.8 Å². The SMILES string of the molecule is CCOc1cc(C=NN)cc(Br)c1OCC(=O)Nc1ccc(C)cc1. The zero-order valence-electron chi connectivity index (χ0n) is 14.1. The molecule has 25 heavy (non-hydrogen) atoms. The van der Waals surface area contributed by atoms with Gasteiger partial charge >= 0.3 is 0 Å². The molecule has 0 saturated heterocycles. The molecule has 0 aliphatic heterocycles. The van der Waals surface area contributed by atoms with Gasteiger partial charge in [0.25, 0.3) is 5.91 Å². The molecule has 7 heteroatoms. The Bertz CT molecular complexity index is 761. The Morgan fingerprint density at radius 2 is 2.00 bits per heavy atom. The van der Waals surface area contributed by atoms with Crippen molar-refractivity contribution < 1.29 is 14.3 Å². The second-order valence-corrected chi connectivity index (χ2v) is 6.10. The van der Waals surface area contributed by atoms with Gasteiger partial charge in [0, 0.05) is 5.69 Å². The number of halogens is 1. The first-order chi connectivity index (χ1) is 12.0. The minimum absolute atomic E-state index is 0.142. The van der Waals surface area contributed by atoms with Gasteiger partial charge < -0.3 is 20.6 Å². The summed E-state index contributed by atoms with van der Waals surface area (Å²) >= 11 is 3.42. The zero-order chi connectivity index (χ0) is 18.2. The lowest BCUT2D eigenvalue weighted by molar-refractivity contribution is -0.118. The quantitative estimate of drug-likeness (QED) is 0.419. The molecule has 0 aromatic heterocycles. The molecule has 6 nitrogen and oxygen atoms in total. The van der Waals surface area contributed by atoms with E-state index in [-0.39, 0.29) is 12.5 Å². The van der Waals surface area contributed by atoms with Gasteiger partial charge in [-0.3, -0.25) is 4.79 Å². The molecule has 0 unspecified atom stereocenters.